The summed E-state index contributed by atoms with van der Waals surface area (Å²) in [7, 11) is -2.24. The molecule has 3 rings (SSSR count). The topological polar surface area (TPSA) is 114 Å². The number of fused-ring (bicyclic) bond motifs is 1. The van der Waals surface area contributed by atoms with Crippen LogP contribution in [0.3, 0.4) is 0 Å². The van der Waals surface area contributed by atoms with Gasteiger partial charge >= 0.3 is 10.1 Å². The fourth-order valence-electron chi connectivity index (χ4n) is 2.20. The molecule has 25 heavy (non-hydrogen) atoms. The minimum Gasteiger partial charge on any atom is -0.496 e. The van der Waals surface area contributed by atoms with Gasteiger partial charge in [0, 0.05) is 12.1 Å². The summed E-state index contributed by atoms with van der Waals surface area (Å²) in [5.74, 6) is 1.02. The normalized spacial score (nSPS) is 11.8. The minimum absolute atomic E-state index is 0.152. The molecule has 8 nitrogen and oxygen atoms in total. The number of methoxy groups -OCH3 is 1. The van der Waals surface area contributed by atoms with Crippen LogP contribution in [0.25, 0.3) is 22.6 Å². The van der Waals surface area contributed by atoms with Crippen molar-refractivity contribution in [1.29, 1.82) is 0 Å². The Kier molecular flexibility index (Phi) is 4.25. The third-order valence-corrected chi connectivity index (χ3v) is 5.17. The largest absolute Gasteiger partial charge is 0.496 e. The molecule has 1 aromatic carbocycles. The first-order chi connectivity index (χ1) is 11.8. The maximum atomic E-state index is 11.9. The van der Waals surface area contributed by atoms with E-state index in [1.807, 2.05) is 0 Å². The summed E-state index contributed by atoms with van der Waals surface area (Å²) in [5, 5.41) is -0.662. The monoisotopic (exact) mass is 363 g/mol. The molecule has 3 aromatic rings. The number of hydrogen-bond donors (Lipinski definition) is 2. The molecule has 0 unspecified atom stereocenters. The van der Waals surface area contributed by atoms with E-state index >= 15 is 0 Å². The number of benzene rings is 1. The minimum atomic E-state index is -3.70. The second kappa shape index (κ2) is 6.25. The molecule has 0 atom stereocenters. The van der Waals surface area contributed by atoms with Crippen LogP contribution in [-0.4, -0.2) is 35.7 Å². The molecule has 2 aromatic heterocycles. The van der Waals surface area contributed by atoms with E-state index in [1.54, 1.807) is 12.1 Å². The third kappa shape index (κ3) is 3.36. The summed E-state index contributed by atoms with van der Waals surface area (Å²) in [4.78, 5) is 21.4. The van der Waals surface area contributed by atoms with Crippen molar-refractivity contribution in [2.24, 2.45) is 0 Å². The van der Waals surface area contributed by atoms with Gasteiger partial charge in [0.25, 0.3) is 0 Å². The van der Waals surface area contributed by atoms with Gasteiger partial charge in [0.2, 0.25) is 5.56 Å². The Hall–Kier alpha value is -2.81. The number of H-pyrrole nitrogens is 2. The molecule has 9 heteroatoms. The number of hydrogen-bond acceptors (Lipinski definition) is 6. The van der Waals surface area contributed by atoms with E-state index in [0.29, 0.717) is 28.3 Å². The zero-order valence-electron chi connectivity index (χ0n) is 13.9. The Morgan fingerprint density at radius 1 is 1.12 bits per heavy atom. The SMILES string of the molecule is COc1cc(OS(=O)(=O)C(C)C)ccc1-c1nc2[nH]c(=O)ccc2[nH]1. The van der Waals surface area contributed by atoms with E-state index in [2.05, 4.69) is 15.0 Å². The predicted molar refractivity (Wildman–Crippen MR) is 93.4 cm³/mol. The predicted octanol–water partition coefficient (Wildman–Crippen LogP) is 2.04. The van der Waals surface area contributed by atoms with E-state index in [-0.39, 0.29) is 11.3 Å². The van der Waals surface area contributed by atoms with Crippen molar-refractivity contribution in [2.45, 2.75) is 19.1 Å². The van der Waals surface area contributed by atoms with Gasteiger partial charge in [0.1, 0.15) is 17.3 Å². The van der Waals surface area contributed by atoms with Crippen LogP contribution in [0.1, 0.15) is 13.8 Å². The number of ether oxygens (including phenoxy) is 1. The molecule has 0 radical (unpaired) electrons. The van der Waals surface area contributed by atoms with Gasteiger partial charge in [-0.2, -0.15) is 8.42 Å². The van der Waals surface area contributed by atoms with Crippen LogP contribution in [0.15, 0.2) is 35.1 Å². The van der Waals surface area contributed by atoms with Gasteiger partial charge in [-0.25, -0.2) is 4.98 Å². The highest BCUT2D eigenvalue weighted by Gasteiger charge is 2.20. The first-order valence-electron chi connectivity index (χ1n) is 7.51. The fraction of sp³-hybridized carbons (Fsp3) is 0.250. The molecule has 0 saturated carbocycles. The highest BCUT2D eigenvalue weighted by molar-refractivity contribution is 7.87. The number of nitrogens with zero attached hydrogens (tertiary/aromatic N) is 1. The van der Waals surface area contributed by atoms with Crippen molar-refractivity contribution < 1.29 is 17.3 Å². The van der Waals surface area contributed by atoms with E-state index in [0.717, 1.165) is 0 Å². The van der Waals surface area contributed by atoms with Crippen molar-refractivity contribution >= 4 is 21.3 Å². The van der Waals surface area contributed by atoms with Gasteiger partial charge in [0.05, 0.1) is 23.4 Å². The van der Waals surface area contributed by atoms with Gasteiger partial charge < -0.3 is 18.9 Å². The first kappa shape index (κ1) is 17.0. The zero-order chi connectivity index (χ0) is 18.2. The van der Waals surface area contributed by atoms with Gasteiger partial charge in [-0.15, -0.1) is 0 Å². The van der Waals surface area contributed by atoms with Crippen LogP contribution in [0.4, 0.5) is 0 Å². The highest BCUT2D eigenvalue weighted by atomic mass is 32.2. The highest BCUT2D eigenvalue weighted by Crippen LogP contribution is 2.33. The number of aromatic nitrogens is 3. The number of nitrogens with one attached hydrogen (secondary N) is 2. The van der Waals surface area contributed by atoms with Crippen molar-refractivity contribution in [3.05, 3.63) is 40.7 Å². The lowest BCUT2D eigenvalue weighted by atomic mass is 10.2. The standard InChI is InChI=1S/C16H17N3O5S/c1-9(2)25(21,22)24-10-4-5-11(13(8-10)23-3)15-17-12-6-7-14(20)18-16(12)19-15/h4-9H,1-3H3,(H2,17,18,19,20). The molecule has 0 aliphatic carbocycles. The second-order valence-electron chi connectivity index (χ2n) is 5.66. The summed E-state index contributed by atoms with van der Waals surface area (Å²) in [5.41, 5.74) is 1.45. The van der Waals surface area contributed by atoms with E-state index in [9.17, 15) is 13.2 Å². The lowest BCUT2D eigenvalue weighted by Gasteiger charge is -2.12. The average molecular weight is 363 g/mol. The average Bonchev–Trinajstić information content (AvgIpc) is 2.96. The summed E-state index contributed by atoms with van der Waals surface area (Å²) >= 11 is 0. The van der Waals surface area contributed by atoms with E-state index in [4.69, 9.17) is 8.92 Å². The first-order valence-corrected chi connectivity index (χ1v) is 8.98. The lowest BCUT2D eigenvalue weighted by Crippen LogP contribution is -2.20. The Morgan fingerprint density at radius 2 is 1.88 bits per heavy atom. The number of rotatable bonds is 5. The van der Waals surface area contributed by atoms with Crippen LogP contribution < -0.4 is 14.5 Å². The Balaban J connectivity index is 2.03. The molecular formula is C16H17N3O5S. The molecular weight excluding hydrogens is 346 g/mol. The Morgan fingerprint density at radius 3 is 2.56 bits per heavy atom. The van der Waals surface area contributed by atoms with E-state index < -0.39 is 15.4 Å². The number of aromatic amines is 2. The maximum Gasteiger partial charge on any atom is 0.311 e. The van der Waals surface area contributed by atoms with Crippen molar-refractivity contribution in [1.82, 2.24) is 15.0 Å². The molecule has 132 valence electrons. The lowest BCUT2D eigenvalue weighted by molar-refractivity contribution is 0.412. The third-order valence-electron chi connectivity index (χ3n) is 3.59. The van der Waals surface area contributed by atoms with Crippen LogP contribution in [0.5, 0.6) is 11.5 Å². The van der Waals surface area contributed by atoms with Crippen LogP contribution in [0.2, 0.25) is 0 Å². The van der Waals surface area contributed by atoms with Crippen LogP contribution in [0, 0.1) is 0 Å². The van der Waals surface area contributed by atoms with E-state index in [1.165, 1.54) is 39.2 Å². The Labute approximate surface area is 144 Å². The molecule has 0 aliphatic rings. The zero-order valence-corrected chi connectivity index (χ0v) is 14.7. The smallest absolute Gasteiger partial charge is 0.311 e. The van der Waals surface area contributed by atoms with Gasteiger partial charge in [-0.05, 0) is 32.0 Å². The number of imidazole rings is 1. The summed E-state index contributed by atoms with van der Waals surface area (Å²) < 4.78 is 34.2. The van der Waals surface area contributed by atoms with Crippen molar-refractivity contribution in [3.63, 3.8) is 0 Å². The molecule has 0 spiro atoms. The van der Waals surface area contributed by atoms with Gasteiger partial charge in [-0.1, -0.05) is 0 Å². The maximum absolute atomic E-state index is 11.9. The van der Waals surface area contributed by atoms with Gasteiger partial charge in [-0.3, -0.25) is 4.79 Å². The fourth-order valence-corrected chi connectivity index (χ4v) is 2.76. The molecule has 0 amide bonds. The van der Waals surface area contributed by atoms with Crippen molar-refractivity contribution in [2.75, 3.05) is 7.11 Å². The quantitative estimate of drug-likeness (QED) is 0.671. The second-order valence-corrected chi connectivity index (χ2v) is 7.75. The summed E-state index contributed by atoms with van der Waals surface area (Å²) in [6, 6.07) is 7.66. The number of pyridine rings is 1. The molecule has 2 N–H and O–H groups in total. The van der Waals surface area contributed by atoms with Crippen LogP contribution in [-0.2, 0) is 10.1 Å². The molecule has 2 heterocycles. The summed E-state index contributed by atoms with van der Waals surface area (Å²) in [6.45, 7) is 3.08. The van der Waals surface area contributed by atoms with Crippen molar-refractivity contribution in [3.8, 4) is 22.9 Å². The van der Waals surface area contributed by atoms with Crippen LogP contribution >= 0.6 is 0 Å². The molecule has 0 saturated heterocycles. The Bertz CT molecular complexity index is 1080. The molecule has 0 bridgehead atoms. The van der Waals surface area contributed by atoms with Gasteiger partial charge in [0.15, 0.2) is 5.65 Å². The molecule has 0 aliphatic heterocycles. The molecule has 0 fully saturated rings. The summed E-state index contributed by atoms with van der Waals surface area (Å²) in [6.07, 6.45) is 0.